The van der Waals surface area contributed by atoms with Crippen molar-refractivity contribution in [1.82, 2.24) is 19.7 Å². The zero-order valence-electron chi connectivity index (χ0n) is 11.6. The maximum Gasteiger partial charge on any atom is 0.226 e. The van der Waals surface area contributed by atoms with Crippen molar-refractivity contribution >= 4 is 28.5 Å². The molecule has 1 unspecified atom stereocenters. The number of rotatable bonds is 3. The zero-order valence-corrected chi connectivity index (χ0v) is 12.3. The van der Waals surface area contributed by atoms with Crippen LogP contribution in [0.25, 0.3) is 11.0 Å². The Bertz CT molecular complexity index is 621. The first-order valence-corrected chi connectivity index (χ1v) is 7.17. The minimum absolute atomic E-state index is 0.0654. The summed E-state index contributed by atoms with van der Waals surface area (Å²) in [6.45, 7) is 6.41. The van der Waals surface area contributed by atoms with Gasteiger partial charge in [-0.25, -0.2) is 4.68 Å². The number of nitrogens with zero attached hydrogens (tertiary/aromatic N) is 4. The maximum absolute atomic E-state index is 6.02. The van der Waals surface area contributed by atoms with Gasteiger partial charge in [0.2, 0.25) is 5.28 Å². The quantitative estimate of drug-likeness (QED) is 0.881. The fourth-order valence-electron chi connectivity index (χ4n) is 2.54. The van der Waals surface area contributed by atoms with E-state index in [1.165, 1.54) is 0 Å². The lowest BCUT2D eigenvalue weighted by atomic mass is 10.2. The van der Waals surface area contributed by atoms with Crippen molar-refractivity contribution in [2.24, 2.45) is 0 Å². The molecule has 0 saturated carbocycles. The lowest BCUT2D eigenvalue weighted by Crippen LogP contribution is -2.19. The number of fused-ring (bicyclic) bond motifs is 1. The second kappa shape index (κ2) is 5.54. The zero-order chi connectivity index (χ0) is 14.1. The number of anilines is 1. The highest BCUT2D eigenvalue weighted by Crippen LogP contribution is 2.30. The van der Waals surface area contributed by atoms with Gasteiger partial charge in [-0.05, 0) is 44.7 Å². The molecule has 7 heteroatoms. The number of nitrogens with one attached hydrogen (secondary N) is 1. The number of aryl methyl sites for hydroxylation is 1. The Labute approximate surface area is 122 Å². The molecule has 3 heterocycles. The Hall–Kier alpha value is -1.40. The molecule has 1 atom stereocenters. The summed E-state index contributed by atoms with van der Waals surface area (Å²) in [6, 6.07) is 0. The van der Waals surface area contributed by atoms with Crippen LogP contribution in [-0.4, -0.2) is 26.4 Å². The van der Waals surface area contributed by atoms with Gasteiger partial charge < -0.3 is 10.1 Å². The summed E-state index contributed by atoms with van der Waals surface area (Å²) in [5.74, 6) is 0.682. The summed E-state index contributed by atoms with van der Waals surface area (Å²) in [7, 11) is 0. The molecule has 0 aliphatic carbocycles. The lowest BCUT2D eigenvalue weighted by molar-refractivity contribution is -0.0371. The van der Waals surface area contributed by atoms with Crippen molar-refractivity contribution in [3.05, 3.63) is 17.5 Å². The molecule has 1 saturated heterocycles. The molecule has 2 aromatic heterocycles. The van der Waals surface area contributed by atoms with E-state index in [-0.39, 0.29) is 11.5 Å². The number of aromatic nitrogens is 4. The Balaban J connectivity index is 2.14. The SMILES string of the molecule is C[CH]Nc1nc(Cl)nc2c1c(C)nn2C1CCCCO1. The molecule has 0 aromatic carbocycles. The second-order valence-electron chi connectivity index (χ2n) is 4.82. The predicted octanol–water partition coefficient (Wildman–Crippen LogP) is 3.08. The van der Waals surface area contributed by atoms with Gasteiger partial charge in [-0.15, -0.1) is 0 Å². The van der Waals surface area contributed by atoms with Crippen LogP contribution in [0.3, 0.4) is 0 Å². The first-order chi connectivity index (χ1) is 9.70. The van der Waals surface area contributed by atoms with Crippen LogP contribution in [0.4, 0.5) is 5.82 Å². The molecule has 0 bridgehead atoms. The van der Waals surface area contributed by atoms with Gasteiger partial charge in [-0.1, -0.05) is 0 Å². The van der Waals surface area contributed by atoms with E-state index in [9.17, 15) is 0 Å². The van der Waals surface area contributed by atoms with Gasteiger partial charge in [-0.2, -0.15) is 15.1 Å². The summed E-state index contributed by atoms with van der Waals surface area (Å²) in [5.41, 5.74) is 1.59. The van der Waals surface area contributed by atoms with Gasteiger partial charge in [0.25, 0.3) is 0 Å². The molecule has 1 aliphatic heterocycles. The fourth-order valence-corrected chi connectivity index (χ4v) is 2.70. The monoisotopic (exact) mass is 294 g/mol. The van der Waals surface area contributed by atoms with E-state index >= 15 is 0 Å². The van der Waals surface area contributed by atoms with Crippen molar-refractivity contribution < 1.29 is 4.74 Å². The minimum Gasteiger partial charge on any atom is -0.365 e. The molecular weight excluding hydrogens is 278 g/mol. The van der Waals surface area contributed by atoms with Crippen LogP contribution in [0, 0.1) is 13.5 Å². The lowest BCUT2D eigenvalue weighted by Gasteiger charge is -2.23. The Morgan fingerprint density at radius 3 is 2.95 bits per heavy atom. The Kier molecular flexibility index (Phi) is 3.76. The van der Waals surface area contributed by atoms with Gasteiger partial charge in [0, 0.05) is 13.2 Å². The van der Waals surface area contributed by atoms with Crippen LogP contribution in [0.15, 0.2) is 0 Å². The van der Waals surface area contributed by atoms with E-state index in [1.54, 1.807) is 0 Å². The summed E-state index contributed by atoms with van der Waals surface area (Å²) in [5, 5.41) is 8.77. The molecule has 6 nitrogen and oxygen atoms in total. The smallest absolute Gasteiger partial charge is 0.226 e. The molecule has 0 spiro atoms. The summed E-state index contributed by atoms with van der Waals surface area (Å²) >= 11 is 6.02. The third-order valence-electron chi connectivity index (χ3n) is 3.41. The Morgan fingerprint density at radius 2 is 2.25 bits per heavy atom. The average molecular weight is 295 g/mol. The highest BCUT2D eigenvalue weighted by Gasteiger charge is 2.23. The molecule has 1 aliphatic rings. The molecule has 107 valence electrons. The van der Waals surface area contributed by atoms with E-state index in [0.29, 0.717) is 5.82 Å². The predicted molar refractivity (Wildman–Crippen MR) is 77.5 cm³/mol. The van der Waals surface area contributed by atoms with Gasteiger partial charge in [-0.3, -0.25) is 0 Å². The van der Waals surface area contributed by atoms with Crippen LogP contribution < -0.4 is 5.32 Å². The van der Waals surface area contributed by atoms with E-state index in [1.807, 2.05) is 25.1 Å². The van der Waals surface area contributed by atoms with E-state index in [2.05, 4.69) is 20.4 Å². The van der Waals surface area contributed by atoms with Crippen molar-refractivity contribution in [3.63, 3.8) is 0 Å². The summed E-state index contributed by atoms with van der Waals surface area (Å²) in [4.78, 5) is 8.56. The normalized spacial score (nSPS) is 19.4. The molecular formula is C13H17ClN5O. The van der Waals surface area contributed by atoms with E-state index < -0.39 is 0 Å². The van der Waals surface area contributed by atoms with Crippen LogP contribution in [-0.2, 0) is 4.74 Å². The fraction of sp³-hybridized carbons (Fsp3) is 0.538. The molecule has 1 fully saturated rings. The third kappa shape index (κ3) is 2.33. The Morgan fingerprint density at radius 1 is 1.40 bits per heavy atom. The minimum atomic E-state index is -0.0654. The van der Waals surface area contributed by atoms with Crippen LogP contribution in [0.1, 0.15) is 38.1 Å². The molecule has 20 heavy (non-hydrogen) atoms. The van der Waals surface area contributed by atoms with Gasteiger partial charge >= 0.3 is 0 Å². The molecule has 3 rings (SSSR count). The molecule has 1 N–H and O–H groups in total. The molecule has 2 aromatic rings. The van der Waals surface area contributed by atoms with Crippen molar-refractivity contribution in [2.75, 3.05) is 11.9 Å². The first kappa shape index (κ1) is 13.6. The highest BCUT2D eigenvalue weighted by atomic mass is 35.5. The molecule has 0 amide bonds. The van der Waals surface area contributed by atoms with Crippen molar-refractivity contribution in [2.45, 2.75) is 39.3 Å². The standard InChI is InChI=1S/C13H17ClN5O/c1-3-15-11-10-8(2)18-19(9-6-4-5-7-20-9)12(10)17-13(14)16-11/h3,9H,4-7H2,1-2H3,(H,15,16,17). The van der Waals surface area contributed by atoms with E-state index in [0.717, 1.165) is 42.6 Å². The first-order valence-electron chi connectivity index (χ1n) is 6.79. The number of hydrogen-bond acceptors (Lipinski definition) is 5. The molecule has 1 radical (unpaired) electrons. The van der Waals surface area contributed by atoms with Gasteiger partial charge in [0.1, 0.15) is 5.82 Å². The maximum atomic E-state index is 6.02. The van der Waals surface area contributed by atoms with Crippen LogP contribution >= 0.6 is 11.6 Å². The van der Waals surface area contributed by atoms with Crippen LogP contribution in [0.5, 0.6) is 0 Å². The number of halogens is 1. The van der Waals surface area contributed by atoms with E-state index in [4.69, 9.17) is 16.3 Å². The van der Waals surface area contributed by atoms with Crippen LogP contribution in [0.2, 0.25) is 5.28 Å². The average Bonchev–Trinajstić information content (AvgIpc) is 2.77. The summed E-state index contributed by atoms with van der Waals surface area (Å²) in [6.07, 6.45) is 3.12. The second-order valence-corrected chi connectivity index (χ2v) is 5.16. The van der Waals surface area contributed by atoms with Crippen molar-refractivity contribution in [1.29, 1.82) is 0 Å². The highest BCUT2D eigenvalue weighted by molar-refractivity contribution is 6.28. The van der Waals surface area contributed by atoms with Gasteiger partial charge in [0.15, 0.2) is 11.9 Å². The number of hydrogen-bond donors (Lipinski definition) is 1. The largest absolute Gasteiger partial charge is 0.365 e. The third-order valence-corrected chi connectivity index (χ3v) is 3.58. The van der Waals surface area contributed by atoms with Crippen molar-refractivity contribution in [3.8, 4) is 0 Å². The summed E-state index contributed by atoms with van der Waals surface area (Å²) < 4.78 is 7.63. The number of ether oxygens (including phenoxy) is 1. The van der Waals surface area contributed by atoms with Gasteiger partial charge in [0.05, 0.1) is 11.1 Å². The topological polar surface area (TPSA) is 64.9 Å².